The molecule has 0 aliphatic carbocycles. The summed E-state index contributed by atoms with van der Waals surface area (Å²) < 4.78 is 5.84. The molecule has 24 heavy (non-hydrogen) atoms. The maximum atomic E-state index is 10.6. The van der Waals surface area contributed by atoms with Crippen LogP contribution in [0.4, 0.5) is 0 Å². The van der Waals surface area contributed by atoms with E-state index in [0.29, 0.717) is 19.7 Å². The summed E-state index contributed by atoms with van der Waals surface area (Å²) in [5.41, 5.74) is 2.46. The van der Waals surface area contributed by atoms with Crippen LogP contribution in [0.2, 0.25) is 0 Å². The van der Waals surface area contributed by atoms with E-state index < -0.39 is 5.97 Å². The van der Waals surface area contributed by atoms with Gasteiger partial charge in [0.1, 0.15) is 5.75 Å². The Hall–Kier alpha value is -2.33. The fraction of sp³-hybridized carbons (Fsp3) is 0.350. The average Bonchev–Trinajstić information content (AvgIpc) is 2.58. The Labute approximate surface area is 143 Å². The molecule has 0 radical (unpaired) electrons. The Morgan fingerprint density at radius 2 is 1.83 bits per heavy atom. The largest absolute Gasteiger partial charge is 0.494 e. The smallest absolute Gasteiger partial charge is 0.304 e. The van der Waals surface area contributed by atoms with Gasteiger partial charge in [-0.2, -0.15) is 0 Å². The zero-order valence-corrected chi connectivity index (χ0v) is 14.1. The highest BCUT2D eigenvalue weighted by Crippen LogP contribution is 2.15. The highest BCUT2D eigenvalue weighted by Gasteiger charge is 2.04. The second-order valence-corrected chi connectivity index (χ2v) is 5.97. The Morgan fingerprint density at radius 3 is 2.58 bits per heavy atom. The molecule has 2 aromatic carbocycles. The maximum Gasteiger partial charge on any atom is 0.304 e. The lowest BCUT2D eigenvalue weighted by Gasteiger charge is -2.16. The Bertz CT molecular complexity index is 628. The van der Waals surface area contributed by atoms with E-state index in [1.807, 2.05) is 42.3 Å². The second kappa shape index (κ2) is 9.73. The molecule has 0 spiro atoms. The molecule has 0 aliphatic rings. The third-order valence-electron chi connectivity index (χ3n) is 3.78. The minimum absolute atomic E-state index is 0.159. The molecule has 4 nitrogen and oxygen atoms in total. The molecule has 0 heterocycles. The van der Waals surface area contributed by atoms with Crippen LogP contribution in [0.15, 0.2) is 54.6 Å². The van der Waals surface area contributed by atoms with E-state index in [1.165, 1.54) is 5.56 Å². The van der Waals surface area contributed by atoms with Crippen molar-refractivity contribution in [1.82, 2.24) is 4.90 Å². The number of aryl methyl sites for hydroxylation is 1. The van der Waals surface area contributed by atoms with Crippen molar-refractivity contribution in [3.63, 3.8) is 0 Å². The van der Waals surface area contributed by atoms with Crippen LogP contribution in [0, 0.1) is 0 Å². The molecule has 0 aromatic heterocycles. The Kier molecular flexibility index (Phi) is 7.30. The number of nitrogens with zero attached hydrogens (tertiary/aromatic N) is 1. The van der Waals surface area contributed by atoms with Gasteiger partial charge in [-0.05, 0) is 43.1 Å². The van der Waals surface area contributed by atoms with Crippen molar-refractivity contribution in [2.75, 3.05) is 20.2 Å². The molecule has 0 atom stereocenters. The quantitative estimate of drug-likeness (QED) is 0.677. The minimum Gasteiger partial charge on any atom is -0.494 e. The highest BCUT2D eigenvalue weighted by molar-refractivity contribution is 5.66. The molecule has 0 bridgehead atoms. The number of rotatable bonds is 10. The number of benzene rings is 2. The topological polar surface area (TPSA) is 49.8 Å². The summed E-state index contributed by atoms with van der Waals surface area (Å²) in [5.74, 6) is 0.101. The van der Waals surface area contributed by atoms with Crippen LogP contribution in [-0.4, -0.2) is 36.2 Å². The summed E-state index contributed by atoms with van der Waals surface area (Å²) in [5, 5.41) is 8.73. The lowest BCUT2D eigenvalue weighted by atomic mass is 10.1. The van der Waals surface area contributed by atoms with Gasteiger partial charge in [-0.1, -0.05) is 42.5 Å². The molecule has 1 N–H and O–H groups in total. The third kappa shape index (κ3) is 6.84. The molecule has 0 amide bonds. The number of carboxylic acids is 1. The van der Waals surface area contributed by atoms with Crippen LogP contribution < -0.4 is 4.74 Å². The van der Waals surface area contributed by atoms with Crippen LogP contribution in [0.5, 0.6) is 5.75 Å². The molecule has 0 aliphatic heterocycles. The summed E-state index contributed by atoms with van der Waals surface area (Å²) in [4.78, 5) is 12.6. The van der Waals surface area contributed by atoms with Gasteiger partial charge in [0, 0.05) is 13.1 Å². The fourth-order valence-corrected chi connectivity index (χ4v) is 2.52. The molecule has 0 fully saturated rings. The van der Waals surface area contributed by atoms with E-state index in [9.17, 15) is 4.79 Å². The van der Waals surface area contributed by atoms with E-state index >= 15 is 0 Å². The molecule has 2 aromatic rings. The Balaban J connectivity index is 1.74. The SMILES string of the molecule is CN(CCC(=O)O)Cc1cccc(OCCCc2ccccc2)c1. The number of hydrogen-bond acceptors (Lipinski definition) is 3. The van der Waals surface area contributed by atoms with Crippen LogP contribution >= 0.6 is 0 Å². The van der Waals surface area contributed by atoms with Crippen molar-refractivity contribution in [3.05, 3.63) is 65.7 Å². The third-order valence-corrected chi connectivity index (χ3v) is 3.78. The van der Waals surface area contributed by atoms with E-state index in [0.717, 1.165) is 24.2 Å². The molecule has 0 saturated heterocycles. The molecule has 128 valence electrons. The van der Waals surface area contributed by atoms with Gasteiger partial charge in [0.15, 0.2) is 0 Å². The van der Waals surface area contributed by atoms with Gasteiger partial charge in [0.05, 0.1) is 13.0 Å². The monoisotopic (exact) mass is 327 g/mol. The second-order valence-electron chi connectivity index (χ2n) is 5.97. The molecule has 2 rings (SSSR count). The Morgan fingerprint density at radius 1 is 1.08 bits per heavy atom. The molecule has 0 saturated carbocycles. The van der Waals surface area contributed by atoms with Crippen molar-refractivity contribution in [1.29, 1.82) is 0 Å². The van der Waals surface area contributed by atoms with Gasteiger partial charge in [0.25, 0.3) is 0 Å². The lowest BCUT2D eigenvalue weighted by molar-refractivity contribution is -0.137. The van der Waals surface area contributed by atoms with Crippen molar-refractivity contribution >= 4 is 5.97 Å². The summed E-state index contributed by atoms with van der Waals surface area (Å²) in [7, 11) is 1.93. The van der Waals surface area contributed by atoms with Gasteiger partial charge in [0.2, 0.25) is 0 Å². The predicted octanol–water partition coefficient (Wildman–Crippen LogP) is 3.60. The van der Waals surface area contributed by atoms with E-state index in [1.54, 1.807) is 0 Å². The van der Waals surface area contributed by atoms with Crippen LogP contribution in [-0.2, 0) is 17.8 Å². The van der Waals surface area contributed by atoms with E-state index in [4.69, 9.17) is 9.84 Å². The van der Waals surface area contributed by atoms with E-state index in [-0.39, 0.29) is 6.42 Å². The predicted molar refractivity (Wildman–Crippen MR) is 95.3 cm³/mol. The summed E-state index contributed by atoms with van der Waals surface area (Å²) in [6.07, 6.45) is 2.15. The zero-order chi connectivity index (χ0) is 17.2. The number of ether oxygens (including phenoxy) is 1. The lowest BCUT2D eigenvalue weighted by Crippen LogP contribution is -2.21. The van der Waals surface area contributed by atoms with Crippen LogP contribution in [0.3, 0.4) is 0 Å². The van der Waals surface area contributed by atoms with Crippen molar-refractivity contribution < 1.29 is 14.6 Å². The summed E-state index contributed by atoms with van der Waals surface area (Å²) >= 11 is 0. The molecule has 0 unspecified atom stereocenters. The molecular formula is C20H25NO3. The van der Waals surface area contributed by atoms with Crippen molar-refractivity contribution in [2.45, 2.75) is 25.8 Å². The average molecular weight is 327 g/mol. The first-order chi connectivity index (χ1) is 11.6. The molecule has 4 heteroatoms. The minimum atomic E-state index is -0.766. The number of aliphatic carboxylic acids is 1. The summed E-state index contributed by atoms with van der Waals surface area (Å²) in [6, 6.07) is 18.4. The highest BCUT2D eigenvalue weighted by atomic mass is 16.5. The fourth-order valence-electron chi connectivity index (χ4n) is 2.52. The molecular weight excluding hydrogens is 302 g/mol. The number of carbonyl (C=O) groups is 1. The number of carboxylic acid groups (broad SMARTS) is 1. The van der Waals surface area contributed by atoms with Gasteiger partial charge < -0.3 is 14.7 Å². The summed E-state index contributed by atoms with van der Waals surface area (Å²) in [6.45, 7) is 1.94. The van der Waals surface area contributed by atoms with Crippen LogP contribution in [0.25, 0.3) is 0 Å². The van der Waals surface area contributed by atoms with Gasteiger partial charge in [-0.15, -0.1) is 0 Å². The van der Waals surface area contributed by atoms with Crippen molar-refractivity contribution in [2.24, 2.45) is 0 Å². The maximum absolute atomic E-state index is 10.6. The standard InChI is InChI=1S/C20H25NO3/c1-21(13-12-20(22)23)16-18-9-5-11-19(15-18)24-14-6-10-17-7-3-2-4-8-17/h2-5,7-9,11,15H,6,10,12-14,16H2,1H3,(H,22,23). The first-order valence-corrected chi connectivity index (χ1v) is 8.29. The van der Waals surface area contributed by atoms with Crippen molar-refractivity contribution in [3.8, 4) is 5.75 Å². The number of hydrogen-bond donors (Lipinski definition) is 1. The van der Waals surface area contributed by atoms with Gasteiger partial charge in [-0.25, -0.2) is 0 Å². The van der Waals surface area contributed by atoms with Gasteiger partial charge in [-0.3, -0.25) is 4.79 Å². The van der Waals surface area contributed by atoms with Gasteiger partial charge >= 0.3 is 5.97 Å². The first-order valence-electron chi connectivity index (χ1n) is 8.29. The normalized spacial score (nSPS) is 10.8. The van der Waals surface area contributed by atoms with Crippen LogP contribution in [0.1, 0.15) is 24.0 Å². The van der Waals surface area contributed by atoms with E-state index in [2.05, 4.69) is 24.3 Å². The zero-order valence-electron chi connectivity index (χ0n) is 14.1. The first kappa shape index (κ1) is 18.0.